The lowest BCUT2D eigenvalue weighted by molar-refractivity contribution is -0.136. The van der Waals surface area contributed by atoms with Gasteiger partial charge < -0.3 is 5.11 Å². The minimum Gasteiger partial charge on any atom is -0.481 e. The second kappa shape index (κ2) is 10.9. The van der Waals surface area contributed by atoms with Crippen molar-refractivity contribution in [2.45, 2.75) is 70.4 Å². The Morgan fingerprint density at radius 1 is 0.840 bits per heavy atom. The van der Waals surface area contributed by atoms with E-state index in [9.17, 15) is 22.8 Å². The number of unbranched alkanes of at least 4 members (excludes halogenated alkanes) is 6. The molecule has 0 aliphatic carbocycles. The number of carboxylic acids is 1. The Hall–Kier alpha value is -1.85. The summed E-state index contributed by atoms with van der Waals surface area (Å²) < 4.78 is 35.9. The van der Waals surface area contributed by atoms with E-state index in [1.165, 1.54) is 0 Å². The maximum atomic E-state index is 12.0. The summed E-state index contributed by atoms with van der Waals surface area (Å²) in [5, 5.41) is 8.60. The predicted octanol–water partition coefficient (Wildman–Crippen LogP) is 5.57. The van der Waals surface area contributed by atoms with Crippen LogP contribution in [0.2, 0.25) is 0 Å². The molecule has 0 aromatic heterocycles. The van der Waals surface area contributed by atoms with Crippen molar-refractivity contribution in [3.8, 4) is 0 Å². The van der Waals surface area contributed by atoms with Crippen LogP contribution in [0.3, 0.4) is 0 Å². The number of carbonyl (C=O) groups is 2. The number of ketones is 1. The fourth-order valence-corrected chi connectivity index (χ4v) is 2.64. The number of hydrogen-bond donors (Lipinski definition) is 1. The minimum atomic E-state index is -4.03. The number of hydrogen-bond acceptors (Lipinski definition) is 2. The van der Waals surface area contributed by atoms with Crippen molar-refractivity contribution >= 4 is 11.8 Å². The predicted molar refractivity (Wildman–Crippen MR) is 89.7 cm³/mol. The molecule has 140 valence electrons. The highest BCUT2D eigenvalue weighted by Gasteiger charge is 2.25. The van der Waals surface area contributed by atoms with Crippen LogP contribution in [0.4, 0.5) is 13.2 Å². The molecule has 0 radical (unpaired) electrons. The van der Waals surface area contributed by atoms with Crippen LogP contribution in [0.5, 0.6) is 0 Å². The summed E-state index contributed by atoms with van der Waals surface area (Å²) in [7, 11) is 0. The molecule has 6 heteroatoms. The maximum Gasteiger partial charge on any atom is 0.389 e. The molecule has 1 rings (SSSR count). The first-order valence-corrected chi connectivity index (χ1v) is 8.68. The van der Waals surface area contributed by atoms with Gasteiger partial charge in [0, 0.05) is 12.0 Å². The Labute approximate surface area is 146 Å². The molecule has 1 aromatic carbocycles. The molecule has 0 saturated carbocycles. The smallest absolute Gasteiger partial charge is 0.389 e. The van der Waals surface area contributed by atoms with E-state index in [-0.39, 0.29) is 6.42 Å². The quantitative estimate of drug-likeness (QED) is 0.302. The number of carbonyl (C=O) groups excluding carboxylic acids is 1. The van der Waals surface area contributed by atoms with Gasteiger partial charge in [-0.3, -0.25) is 9.59 Å². The van der Waals surface area contributed by atoms with E-state index >= 15 is 0 Å². The highest BCUT2D eigenvalue weighted by Crippen LogP contribution is 2.23. The van der Waals surface area contributed by atoms with Crippen molar-refractivity contribution in [2.24, 2.45) is 0 Å². The average molecular weight is 358 g/mol. The van der Waals surface area contributed by atoms with Gasteiger partial charge in [0.15, 0.2) is 5.78 Å². The SMILES string of the molecule is O=C(O)CC(=O)c1ccc(CCCCCCCCCC(F)(F)F)cc1. The van der Waals surface area contributed by atoms with Gasteiger partial charge >= 0.3 is 12.1 Å². The number of aliphatic carboxylic acids is 1. The van der Waals surface area contributed by atoms with Gasteiger partial charge in [-0.2, -0.15) is 13.2 Å². The Morgan fingerprint density at radius 3 is 1.88 bits per heavy atom. The van der Waals surface area contributed by atoms with Gasteiger partial charge in [0.2, 0.25) is 0 Å². The number of benzene rings is 1. The molecule has 0 aliphatic rings. The summed E-state index contributed by atoms with van der Waals surface area (Å²) >= 11 is 0. The van der Waals surface area contributed by atoms with Crippen molar-refractivity contribution in [1.29, 1.82) is 0 Å². The van der Waals surface area contributed by atoms with Crippen molar-refractivity contribution in [3.05, 3.63) is 35.4 Å². The van der Waals surface area contributed by atoms with E-state index in [4.69, 9.17) is 5.11 Å². The van der Waals surface area contributed by atoms with E-state index in [1.807, 2.05) is 12.1 Å². The number of alkyl halides is 3. The van der Waals surface area contributed by atoms with Crippen LogP contribution in [0.1, 0.15) is 73.7 Å². The normalized spacial score (nSPS) is 11.5. The molecule has 3 nitrogen and oxygen atoms in total. The standard InChI is InChI=1S/C19H25F3O3/c20-19(21,22)13-7-5-3-1-2-4-6-8-15-9-11-16(12-10-15)17(23)14-18(24)25/h9-12H,1-8,13-14H2,(H,24,25). The Kier molecular flexibility index (Phi) is 9.24. The third kappa shape index (κ3) is 10.6. The summed E-state index contributed by atoms with van der Waals surface area (Å²) in [6.07, 6.45) is 1.35. The molecule has 0 fully saturated rings. The molecule has 0 bridgehead atoms. The van der Waals surface area contributed by atoms with E-state index < -0.39 is 30.8 Å². The fourth-order valence-electron chi connectivity index (χ4n) is 2.64. The number of Topliss-reactive ketones (excluding diaryl/α,β-unsaturated/α-hetero) is 1. The topological polar surface area (TPSA) is 54.4 Å². The lowest BCUT2D eigenvalue weighted by atomic mass is 10.0. The molecule has 0 aliphatic heterocycles. The van der Waals surface area contributed by atoms with E-state index in [0.29, 0.717) is 12.0 Å². The Morgan fingerprint density at radius 2 is 1.36 bits per heavy atom. The highest BCUT2D eigenvalue weighted by molar-refractivity contribution is 6.05. The van der Waals surface area contributed by atoms with Crippen LogP contribution < -0.4 is 0 Å². The second-order valence-corrected chi connectivity index (χ2v) is 6.28. The first kappa shape index (κ1) is 21.2. The average Bonchev–Trinajstić information content (AvgIpc) is 2.52. The Bertz CT molecular complexity index is 536. The monoisotopic (exact) mass is 358 g/mol. The molecule has 25 heavy (non-hydrogen) atoms. The highest BCUT2D eigenvalue weighted by atomic mass is 19.4. The van der Waals surface area contributed by atoms with Crippen LogP contribution in [-0.4, -0.2) is 23.0 Å². The van der Waals surface area contributed by atoms with Gasteiger partial charge in [-0.25, -0.2) is 0 Å². The van der Waals surface area contributed by atoms with Crippen molar-refractivity contribution in [1.82, 2.24) is 0 Å². The molecular formula is C19H25F3O3. The summed E-state index contributed by atoms with van der Waals surface area (Å²) in [4.78, 5) is 22.1. The third-order valence-electron chi connectivity index (χ3n) is 4.01. The molecule has 0 atom stereocenters. The maximum absolute atomic E-state index is 12.0. The minimum absolute atomic E-state index is 0.219. The number of rotatable bonds is 12. The summed E-state index contributed by atoms with van der Waals surface area (Å²) in [5.74, 6) is -1.53. The number of aryl methyl sites for hydroxylation is 1. The van der Waals surface area contributed by atoms with E-state index in [0.717, 1.165) is 44.1 Å². The fraction of sp³-hybridized carbons (Fsp3) is 0.579. The summed E-state index contributed by atoms with van der Waals surface area (Å²) in [6, 6.07) is 6.99. The van der Waals surface area contributed by atoms with Crippen molar-refractivity contribution in [3.63, 3.8) is 0 Å². The summed E-state index contributed by atoms with van der Waals surface area (Å²) in [6.45, 7) is 0. The Balaban J connectivity index is 2.10. The van der Waals surface area contributed by atoms with Gasteiger partial charge in [-0.15, -0.1) is 0 Å². The molecular weight excluding hydrogens is 333 g/mol. The molecule has 1 N–H and O–H groups in total. The largest absolute Gasteiger partial charge is 0.481 e. The molecule has 1 aromatic rings. The number of carboxylic acid groups (broad SMARTS) is 1. The molecule has 0 unspecified atom stereocenters. The third-order valence-corrected chi connectivity index (χ3v) is 4.01. The van der Waals surface area contributed by atoms with Gasteiger partial charge in [0.25, 0.3) is 0 Å². The first-order chi connectivity index (χ1) is 11.8. The van der Waals surface area contributed by atoms with Gasteiger partial charge in [-0.1, -0.05) is 56.4 Å². The van der Waals surface area contributed by atoms with Crippen LogP contribution in [0.25, 0.3) is 0 Å². The molecule has 0 amide bonds. The van der Waals surface area contributed by atoms with Gasteiger partial charge in [0.05, 0.1) is 0 Å². The van der Waals surface area contributed by atoms with Crippen molar-refractivity contribution < 1.29 is 27.9 Å². The zero-order valence-corrected chi connectivity index (χ0v) is 14.3. The van der Waals surface area contributed by atoms with Gasteiger partial charge in [-0.05, 0) is 24.8 Å². The lowest BCUT2D eigenvalue weighted by Crippen LogP contribution is -2.06. The second-order valence-electron chi connectivity index (χ2n) is 6.28. The van der Waals surface area contributed by atoms with Crippen molar-refractivity contribution in [2.75, 3.05) is 0 Å². The summed E-state index contributed by atoms with van der Waals surface area (Å²) in [5.41, 5.74) is 1.50. The van der Waals surface area contributed by atoms with Crippen LogP contribution >= 0.6 is 0 Å². The van der Waals surface area contributed by atoms with E-state index in [2.05, 4.69) is 0 Å². The zero-order chi connectivity index (χ0) is 18.7. The number of halogens is 3. The van der Waals surface area contributed by atoms with E-state index in [1.54, 1.807) is 12.1 Å². The van der Waals surface area contributed by atoms with Gasteiger partial charge in [0.1, 0.15) is 6.42 Å². The van der Waals surface area contributed by atoms with Crippen LogP contribution in [0.15, 0.2) is 24.3 Å². The van der Waals surface area contributed by atoms with Crippen LogP contribution in [0, 0.1) is 0 Å². The van der Waals surface area contributed by atoms with Crippen LogP contribution in [-0.2, 0) is 11.2 Å². The zero-order valence-electron chi connectivity index (χ0n) is 14.3. The lowest BCUT2D eigenvalue weighted by Gasteiger charge is -2.06. The molecule has 0 heterocycles. The first-order valence-electron chi connectivity index (χ1n) is 8.68. The molecule has 0 spiro atoms. The molecule has 0 saturated heterocycles.